The van der Waals surface area contributed by atoms with Gasteiger partial charge in [0.15, 0.2) is 0 Å². The molecule has 0 saturated heterocycles. The lowest BCUT2D eigenvalue weighted by molar-refractivity contribution is -0.139. The van der Waals surface area contributed by atoms with Gasteiger partial charge >= 0.3 is 5.97 Å². The van der Waals surface area contributed by atoms with E-state index in [-0.39, 0.29) is 12.4 Å². The molecule has 0 unspecified atom stereocenters. The normalized spacial score (nSPS) is 9.77. The molecular weight excluding hydrogens is 302 g/mol. The molecule has 0 spiro atoms. The molecule has 0 fully saturated rings. The number of pyridine rings is 1. The van der Waals surface area contributed by atoms with Crippen molar-refractivity contribution >= 4 is 37.8 Å². The van der Waals surface area contributed by atoms with Crippen molar-refractivity contribution in [3.63, 3.8) is 0 Å². The van der Waals surface area contributed by atoms with Gasteiger partial charge in [-0.25, -0.2) is 0 Å². The number of ether oxygens (including phenoxy) is 1. The van der Waals surface area contributed by atoms with Gasteiger partial charge in [0.2, 0.25) is 0 Å². The van der Waals surface area contributed by atoms with Crippen LogP contribution >= 0.6 is 31.9 Å². The minimum Gasteiger partial charge on any atom is -0.469 e. The predicted molar refractivity (Wildman–Crippen MR) is 55.4 cm³/mol. The molecule has 0 radical (unpaired) electrons. The first-order chi connectivity index (χ1) is 6.15. The molecule has 0 saturated carbocycles. The maximum absolute atomic E-state index is 11.0. The van der Waals surface area contributed by atoms with E-state index in [1.807, 2.05) is 0 Å². The highest BCUT2D eigenvalue weighted by atomic mass is 79.9. The monoisotopic (exact) mass is 307 g/mol. The van der Waals surface area contributed by atoms with Crippen molar-refractivity contribution in [3.8, 4) is 0 Å². The quantitative estimate of drug-likeness (QED) is 0.787. The number of esters is 1. The smallest absolute Gasteiger partial charge is 0.310 e. The molecule has 0 N–H and O–H groups in total. The second kappa shape index (κ2) is 4.72. The van der Waals surface area contributed by atoms with Crippen LogP contribution < -0.4 is 0 Å². The Morgan fingerprint density at radius 3 is 2.85 bits per heavy atom. The summed E-state index contributed by atoms with van der Waals surface area (Å²) in [5.74, 6) is -0.277. The Bertz CT molecular complexity index is 328. The molecular formula is C8H7Br2NO2. The van der Waals surface area contributed by atoms with Crippen LogP contribution in [0.2, 0.25) is 0 Å². The van der Waals surface area contributed by atoms with E-state index in [0.29, 0.717) is 0 Å². The number of hydrogen-bond donors (Lipinski definition) is 0. The predicted octanol–water partition coefficient (Wildman–Crippen LogP) is 2.32. The summed E-state index contributed by atoms with van der Waals surface area (Å²) in [5.41, 5.74) is 0.807. The Hall–Kier alpha value is -0.420. The van der Waals surface area contributed by atoms with Crippen molar-refractivity contribution in [1.82, 2.24) is 4.98 Å². The van der Waals surface area contributed by atoms with Crippen LogP contribution in [0.5, 0.6) is 0 Å². The van der Waals surface area contributed by atoms with Crippen molar-refractivity contribution in [2.24, 2.45) is 0 Å². The summed E-state index contributed by atoms with van der Waals surface area (Å²) in [5, 5.41) is 0. The lowest BCUT2D eigenvalue weighted by Gasteiger charge is -2.03. The molecule has 0 aromatic carbocycles. The van der Waals surface area contributed by atoms with Crippen molar-refractivity contribution < 1.29 is 9.53 Å². The van der Waals surface area contributed by atoms with Gasteiger partial charge in [-0.2, -0.15) is 0 Å². The van der Waals surface area contributed by atoms with Crippen LogP contribution in [0, 0.1) is 0 Å². The lowest BCUT2D eigenvalue weighted by Crippen LogP contribution is -2.05. The number of carbonyl (C=O) groups excluding carboxylic acids is 1. The lowest BCUT2D eigenvalue weighted by atomic mass is 10.2. The number of hydrogen-bond acceptors (Lipinski definition) is 3. The zero-order valence-electron chi connectivity index (χ0n) is 6.88. The molecule has 3 nitrogen and oxygen atoms in total. The summed E-state index contributed by atoms with van der Waals surface area (Å²) in [7, 11) is 1.36. The molecule has 0 aliphatic heterocycles. The van der Waals surface area contributed by atoms with Crippen molar-refractivity contribution in [2.45, 2.75) is 6.42 Å². The highest BCUT2D eigenvalue weighted by molar-refractivity contribution is 9.13. The van der Waals surface area contributed by atoms with Gasteiger partial charge in [0.1, 0.15) is 0 Å². The molecule has 1 rings (SSSR count). The summed E-state index contributed by atoms with van der Waals surface area (Å²) in [6, 6.07) is 0. The van der Waals surface area contributed by atoms with Crippen LogP contribution in [0.1, 0.15) is 5.56 Å². The summed E-state index contributed by atoms with van der Waals surface area (Å²) in [4.78, 5) is 14.9. The molecule has 1 aromatic rings. The fraction of sp³-hybridized carbons (Fsp3) is 0.250. The molecule has 0 bridgehead atoms. The molecule has 70 valence electrons. The fourth-order valence-electron chi connectivity index (χ4n) is 0.810. The average Bonchev–Trinajstić information content (AvgIpc) is 2.13. The zero-order valence-corrected chi connectivity index (χ0v) is 10.1. The third kappa shape index (κ3) is 2.77. The maximum Gasteiger partial charge on any atom is 0.310 e. The van der Waals surface area contributed by atoms with Gasteiger partial charge in [-0.3, -0.25) is 9.78 Å². The standard InChI is InChI=1S/C8H7Br2NO2/c1-13-7(12)2-5-3-11-4-6(9)8(5)10/h3-4H,2H2,1H3. The number of halogens is 2. The Balaban J connectivity index is 2.89. The van der Waals surface area contributed by atoms with Gasteiger partial charge in [0, 0.05) is 16.9 Å². The largest absolute Gasteiger partial charge is 0.469 e. The average molecular weight is 309 g/mol. The highest BCUT2D eigenvalue weighted by Gasteiger charge is 2.08. The Morgan fingerprint density at radius 2 is 2.23 bits per heavy atom. The number of carbonyl (C=O) groups is 1. The van der Waals surface area contributed by atoms with Crippen molar-refractivity contribution in [1.29, 1.82) is 0 Å². The van der Waals surface area contributed by atoms with Crippen molar-refractivity contribution in [3.05, 3.63) is 26.9 Å². The van der Waals surface area contributed by atoms with E-state index < -0.39 is 0 Å². The molecule has 0 aliphatic rings. The first-order valence-corrected chi connectivity index (χ1v) is 5.08. The van der Waals surface area contributed by atoms with E-state index in [0.717, 1.165) is 14.5 Å². The third-order valence-electron chi connectivity index (χ3n) is 1.47. The molecule has 5 heteroatoms. The Labute approximate surface area is 92.8 Å². The SMILES string of the molecule is COC(=O)Cc1cncc(Br)c1Br. The number of rotatable bonds is 2. The van der Waals surface area contributed by atoms with Crippen LogP contribution in [0.15, 0.2) is 21.3 Å². The van der Waals surface area contributed by atoms with Gasteiger partial charge in [-0.15, -0.1) is 0 Å². The van der Waals surface area contributed by atoms with E-state index in [1.165, 1.54) is 7.11 Å². The van der Waals surface area contributed by atoms with Gasteiger partial charge in [-0.05, 0) is 37.4 Å². The molecule has 0 aliphatic carbocycles. The summed E-state index contributed by atoms with van der Waals surface area (Å²) in [6.45, 7) is 0. The zero-order chi connectivity index (χ0) is 9.84. The molecule has 0 amide bonds. The van der Waals surface area contributed by atoms with Gasteiger partial charge in [0.25, 0.3) is 0 Å². The van der Waals surface area contributed by atoms with Gasteiger partial charge in [-0.1, -0.05) is 0 Å². The first-order valence-electron chi connectivity index (χ1n) is 3.50. The van der Waals surface area contributed by atoms with E-state index in [4.69, 9.17) is 0 Å². The number of aromatic nitrogens is 1. The van der Waals surface area contributed by atoms with Crippen LogP contribution in [0.4, 0.5) is 0 Å². The van der Waals surface area contributed by atoms with Crippen LogP contribution in [-0.4, -0.2) is 18.1 Å². The Morgan fingerprint density at radius 1 is 1.54 bits per heavy atom. The third-order valence-corrected chi connectivity index (χ3v) is 3.54. The fourth-order valence-corrected chi connectivity index (χ4v) is 1.53. The number of methoxy groups -OCH3 is 1. The van der Waals surface area contributed by atoms with E-state index in [1.54, 1.807) is 12.4 Å². The summed E-state index contributed by atoms with van der Waals surface area (Å²) in [6.07, 6.45) is 3.51. The van der Waals surface area contributed by atoms with E-state index in [9.17, 15) is 4.79 Å². The van der Waals surface area contributed by atoms with Gasteiger partial charge < -0.3 is 4.74 Å². The van der Waals surface area contributed by atoms with Crippen LogP contribution in [0.3, 0.4) is 0 Å². The summed E-state index contributed by atoms with van der Waals surface area (Å²) < 4.78 is 6.21. The van der Waals surface area contributed by atoms with E-state index in [2.05, 4.69) is 41.6 Å². The molecule has 13 heavy (non-hydrogen) atoms. The molecule has 1 heterocycles. The molecule has 0 atom stereocenters. The van der Waals surface area contributed by atoms with Crippen LogP contribution in [-0.2, 0) is 16.0 Å². The molecule has 1 aromatic heterocycles. The van der Waals surface area contributed by atoms with E-state index >= 15 is 0 Å². The second-order valence-corrected chi connectivity index (χ2v) is 3.99. The highest BCUT2D eigenvalue weighted by Crippen LogP contribution is 2.25. The number of nitrogens with zero attached hydrogens (tertiary/aromatic N) is 1. The van der Waals surface area contributed by atoms with Gasteiger partial charge in [0.05, 0.1) is 18.0 Å². The first kappa shape index (κ1) is 10.7. The second-order valence-electron chi connectivity index (χ2n) is 2.35. The minimum absolute atomic E-state index is 0.226. The topological polar surface area (TPSA) is 39.2 Å². The minimum atomic E-state index is -0.277. The van der Waals surface area contributed by atoms with Crippen molar-refractivity contribution in [2.75, 3.05) is 7.11 Å². The van der Waals surface area contributed by atoms with Crippen LogP contribution in [0.25, 0.3) is 0 Å². The maximum atomic E-state index is 11.0. The Kier molecular flexibility index (Phi) is 3.87. The summed E-state index contributed by atoms with van der Waals surface area (Å²) >= 11 is 6.64.